The molecule has 0 aliphatic carbocycles. The van der Waals surface area contributed by atoms with Gasteiger partial charge in [-0.2, -0.15) is 4.98 Å². The first kappa shape index (κ1) is 19.9. The number of thiazole rings is 1. The van der Waals surface area contributed by atoms with Crippen molar-refractivity contribution in [3.8, 4) is 0 Å². The summed E-state index contributed by atoms with van der Waals surface area (Å²) < 4.78 is 1.83. The lowest BCUT2D eigenvalue weighted by Crippen LogP contribution is -2.27. The third kappa shape index (κ3) is 3.75. The highest BCUT2D eigenvalue weighted by molar-refractivity contribution is 7.15. The number of aromatic amines is 1. The molecule has 4 aromatic rings. The molecular formula is C19H17Cl2N5O2S. The van der Waals surface area contributed by atoms with Crippen LogP contribution < -0.4 is 20.6 Å². The maximum absolute atomic E-state index is 12.9. The van der Waals surface area contributed by atoms with E-state index in [-0.39, 0.29) is 22.3 Å². The second-order valence-corrected chi connectivity index (χ2v) is 8.19. The van der Waals surface area contributed by atoms with Crippen LogP contribution in [0.4, 0.5) is 5.69 Å². The Bertz CT molecular complexity index is 1340. The third-order valence-corrected chi connectivity index (χ3v) is 5.80. The summed E-state index contributed by atoms with van der Waals surface area (Å²) in [6, 6.07) is 7.81. The smallest absolute Gasteiger partial charge is 0.277 e. The van der Waals surface area contributed by atoms with E-state index >= 15 is 0 Å². The SMILES string of the molecule is Cc1nc2nc3s/c(=C/c4ccc(N(CCCl)CCCl)cc4)c(=O)n3c2c(=O)[nH]1. The molecule has 0 amide bonds. The van der Waals surface area contributed by atoms with Crippen LogP contribution in [0.3, 0.4) is 0 Å². The van der Waals surface area contributed by atoms with Gasteiger partial charge in [0.15, 0.2) is 16.1 Å². The number of imidazole rings is 1. The van der Waals surface area contributed by atoms with Crippen LogP contribution in [-0.4, -0.2) is 44.2 Å². The predicted molar refractivity (Wildman–Crippen MR) is 119 cm³/mol. The molecule has 0 aliphatic heterocycles. The lowest BCUT2D eigenvalue weighted by atomic mass is 10.2. The van der Waals surface area contributed by atoms with Gasteiger partial charge in [-0.25, -0.2) is 9.38 Å². The zero-order valence-electron chi connectivity index (χ0n) is 15.5. The zero-order valence-corrected chi connectivity index (χ0v) is 17.8. The van der Waals surface area contributed by atoms with Gasteiger partial charge in [0.2, 0.25) is 0 Å². The molecular weight excluding hydrogens is 433 g/mol. The molecule has 0 spiro atoms. The normalized spacial score (nSPS) is 12.3. The highest BCUT2D eigenvalue weighted by Gasteiger charge is 2.15. The first-order valence-corrected chi connectivity index (χ1v) is 10.8. The maximum atomic E-state index is 12.9. The lowest BCUT2D eigenvalue weighted by Gasteiger charge is -2.22. The van der Waals surface area contributed by atoms with Crippen molar-refractivity contribution in [2.75, 3.05) is 29.7 Å². The summed E-state index contributed by atoms with van der Waals surface area (Å²) in [5, 5.41) is 0. The fraction of sp³-hybridized carbons (Fsp3) is 0.263. The van der Waals surface area contributed by atoms with E-state index < -0.39 is 0 Å². The van der Waals surface area contributed by atoms with Gasteiger partial charge >= 0.3 is 0 Å². The molecule has 0 bridgehead atoms. The minimum atomic E-state index is -0.371. The van der Waals surface area contributed by atoms with Gasteiger partial charge in [0.05, 0.1) is 4.53 Å². The Balaban J connectivity index is 1.76. The summed E-state index contributed by atoms with van der Waals surface area (Å²) in [6.45, 7) is 3.09. The van der Waals surface area contributed by atoms with Crippen molar-refractivity contribution in [1.82, 2.24) is 19.4 Å². The third-order valence-electron chi connectivity index (χ3n) is 4.49. The first-order chi connectivity index (χ1) is 14.0. The Morgan fingerprint density at radius 2 is 1.83 bits per heavy atom. The monoisotopic (exact) mass is 449 g/mol. The van der Waals surface area contributed by atoms with Gasteiger partial charge in [-0.1, -0.05) is 23.5 Å². The van der Waals surface area contributed by atoms with Crippen LogP contribution in [0.15, 0.2) is 33.9 Å². The average molecular weight is 450 g/mol. The number of nitrogens with zero attached hydrogens (tertiary/aromatic N) is 4. The highest BCUT2D eigenvalue weighted by Crippen LogP contribution is 2.16. The van der Waals surface area contributed by atoms with Gasteiger partial charge in [-0.05, 0) is 30.7 Å². The van der Waals surface area contributed by atoms with Crippen LogP contribution in [0, 0.1) is 6.92 Å². The number of hydrogen-bond donors (Lipinski definition) is 1. The van der Waals surface area contributed by atoms with Crippen molar-refractivity contribution < 1.29 is 0 Å². The highest BCUT2D eigenvalue weighted by atomic mass is 35.5. The van der Waals surface area contributed by atoms with E-state index in [2.05, 4.69) is 19.9 Å². The number of aryl methyl sites for hydroxylation is 1. The molecule has 3 heterocycles. The van der Waals surface area contributed by atoms with Gasteiger partial charge < -0.3 is 9.88 Å². The minimum Gasteiger partial charge on any atom is -0.369 e. The fourth-order valence-electron chi connectivity index (χ4n) is 3.19. The number of nitrogens with one attached hydrogen (secondary N) is 1. The minimum absolute atomic E-state index is 0.180. The van der Waals surface area contributed by atoms with Crippen molar-refractivity contribution in [3.05, 3.63) is 60.9 Å². The molecule has 1 aromatic carbocycles. The van der Waals surface area contributed by atoms with E-state index in [0.29, 0.717) is 40.2 Å². The van der Waals surface area contributed by atoms with Crippen LogP contribution in [-0.2, 0) is 0 Å². The van der Waals surface area contributed by atoms with Crippen molar-refractivity contribution >= 4 is 62.4 Å². The molecule has 0 fully saturated rings. The average Bonchev–Trinajstić information content (AvgIpc) is 3.18. The van der Waals surface area contributed by atoms with E-state index in [4.69, 9.17) is 23.2 Å². The molecule has 0 radical (unpaired) electrons. The molecule has 10 heteroatoms. The van der Waals surface area contributed by atoms with Crippen LogP contribution in [0.5, 0.6) is 0 Å². The van der Waals surface area contributed by atoms with Gasteiger partial charge in [0.1, 0.15) is 5.82 Å². The Morgan fingerprint density at radius 1 is 1.14 bits per heavy atom. The van der Waals surface area contributed by atoms with Crippen LogP contribution in [0.2, 0.25) is 0 Å². The summed E-state index contributed by atoms with van der Waals surface area (Å²) in [6.07, 6.45) is 1.79. The number of halogens is 2. The summed E-state index contributed by atoms with van der Waals surface area (Å²) in [5.74, 6) is 1.49. The largest absolute Gasteiger partial charge is 0.369 e. The summed E-state index contributed by atoms with van der Waals surface area (Å²) >= 11 is 13.0. The van der Waals surface area contributed by atoms with Crippen molar-refractivity contribution in [3.63, 3.8) is 0 Å². The number of H-pyrrole nitrogens is 1. The fourth-order valence-corrected chi connectivity index (χ4v) is 4.56. The number of benzene rings is 1. The van der Waals surface area contributed by atoms with Crippen molar-refractivity contribution in [2.24, 2.45) is 0 Å². The predicted octanol–water partition coefficient (Wildman–Crippen LogP) is 2.13. The van der Waals surface area contributed by atoms with Gasteiger partial charge in [-0.15, -0.1) is 23.2 Å². The standard InChI is InChI=1S/C19H17Cl2N5O2S/c1-11-22-16-15(17(27)23-11)26-18(28)14(29-19(26)24-16)10-12-2-4-13(5-3-12)25(8-6-20)9-7-21/h2-5,10H,6-9H2,1H3,(H,22,23,27)/b14-10+. The van der Waals surface area contributed by atoms with E-state index in [1.807, 2.05) is 24.3 Å². The molecule has 0 unspecified atom stereocenters. The van der Waals surface area contributed by atoms with E-state index in [1.165, 1.54) is 15.7 Å². The number of aromatic nitrogens is 4. The first-order valence-electron chi connectivity index (χ1n) is 8.92. The maximum Gasteiger partial charge on any atom is 0.277 e. The van der Waals surface area contributed by atoms with Crippen molar-refractivity contribution in [1.29, 1.82) is 0 Å². The zero-order chi connectivity index (χ0) is 20.5. The summed E-state index contributed by atoms with van der Waals surface area (Å²) in [4.78, 5) is 38.9. The molecule has 0 aliphatic rings. The number of rotatable bonds is 6. The van der Waals surface area contributed by atoms with Crippen LogP contribution in [0.25, 0.3) is 22.2 Å². The number of hydrogen-bond acceptors (Lipinski definition) is 6. The Kier molecular flexibility index (Phi) is 5.58. The number of anilines is 1. The Morgan fingerprint density at radius 3 is 2.48 bits per heavy atom. The Hall–Kier alpha value is -2.42. The number of alkyl halides is 2. The molecule has 0 atom stereocenters. The van der Waals surface area contributed by atoms with Gasteiger partial charge in [0, 0.05) is 30.5 Å². The molecule has 29 heavy (non-hydrogen) atoms. The van der Waals surface area contributed by atoms with E-state index in [0.717, 1.165) is 11.3 Å². The van der Waals surface area contributed by atoms with Gasteiger partial charge in [-0.3, -0.25) is 9.59 Å². The molecule has 3 aromatic heterocycles. The molecule has 150 valence electrons. The van der Waals surface area contributed by atoms with E-state index in [9.17, 15) is 9.59 Å². The molecule has 1 N–H and O–H groups in total. The van der Waals surface area contributed by atoms with Crippen molar-refractivity contribution in [2.45, 2.75) is 6.92 Å². The molecule has 0 saturated carbocycles. The molecule has 7 nitrogen and oxygen atoms in total. The Labute approximate surface area is 179 Å². The second-order valence-electron chi connectivity index (χ2n) is 6.43. The van der Waals surface area contributed by atoms with Crippen LogP contribution in [0.1, 0.15) is 11.4 Å². The summed E-state index contributed by atoms with van der Waals surface area (Å²) in [5.41, 5.74) is 1.71. The quantitative estimate of drug-likeness (QED) is 0.455. The number of fused-ring (bicyclic) bond motifs is 3. The molecule has 0 saturated heterocycles. The van der Waals surface area contributed by atoms with E-state index in [1.54, 1.807) is 13.0 Å². The summed E-state index contributed by atoms with van der Waals surface area (Å²) in [7, 11) is 0. The van der Waals surface area contributed by atoms with Crippen LogP contribution >= 0.6 is 34.5 Å². The van der Waals surface area contributed by atoms with Gasteiger partial charge in [0.25, 0.3) is 11.1 Å². The lowest BCUT2D eigenvalue weighted by molar-refractivity contribution is 0.874. The topological polar surface area (TPSA) is 83.4 Å². The second kappa shape index (κ2) is 8.14. The molecule has 4 rings (SSSR count).